The topological polar surface area (TPSA) is 177 Å². The second-order valence-electron chi connectivity index (χ2n) is 17.7. The molecule has 58 heavy (non-hydrogen) atoms. The number of methoxy groups -OCH3 is 1. The maximum Gasteiger partial charge on any atom is 0.329 e. The highest BCUT2D eigenvalue weighted by Crippen LogP contribution is 2.37. The van der Waals surface area contributed by atoms with Crippen molar-refractivity contribution in [1.82, 2.24) is 4.90 Å². The Hall–Kier alpha value is -3.29. The summed E-state index contributed by atoms with van der Waals surface area (Å²) in [6.07, 6.45) is 12.8. The number of allylic oxidation sites excluding steroid dienone is 5. The van der Waals surface area contributed by atoms with Crippen molar-refractivity contribution in [3.63, 3.8) is 0 Å². The van der Waals surface area contributed by atoms with Gasteiger partial charge in [0, 0.05) is 51.2 Å². The number of piperidine rings is 1. The molecule has 0 aromatic heterocycles. The van der Waals surface area contributed by atoms with Crippen molar-refractivity contribution in [1.29, 1.82) is 0 Å². The minimum atomic E-state index is -2.44. The molecular weight excluding hydrogens is 743 g/mol. The van der Waals surface area contributed by atoms with Gasteiger partial charge in [-0.2, -0.15) is 0 Å². The van der Waals surface area contributed by atoms with Gasteiger partial charge in [0.2, 0.25) is 5.79 Å². The first kappa shape index (κ1) is 47.4. The third kappa shape index (κ3) is 12.6. The summed E-state index contributed by atoms with van der Waals surface area (Å²) in [5.74, 6) is -6.19. The monoisotopic (exact) mass is 811 g/mol. The molecule has 1 unspecified atom stereocenters. The number of cyclic esters (lactones) is 1. The average Bonchev–Trinajstić information content (AvgIpc) is 3.19. The molecule has 4 rings (SSSR count). The van der Waals surface area contributed by atoms with Crippen LogP contribution < -0.4 is 0 Å². The molecule has 1 saturated carbocycles. The largest absolute Gasteiger partial charge is 0.460 e. The zero-order chi connectivity index (χ0) is 42.7. The van der Waals surface area contributed by atoms with E-state index in [1.807, 2.05) is 39.0 Å². The van der Waals surface area contributed by atoms with Gasteiger partial charge in [-0.25, -0.2) is 4.79 Å². The minimum Gasteiger partial charge on any atom is -0.460 e. The van der Waals surface area contributed by atoms with E-state index in [-0.39, 0.29) is 67.5 Å². The first-order valence-electron chi connectivity index (χ1n) is 21.5. The van der Waals surface area contributed by atoms with Crippen LogP contribution in [0.3, 0.4) is 0 Å². The van der Waals surface area contributed by atoms with Crippen LogP contribution >= 0.6 is 0 Å². The van der Waals surface area contributed by atoms with Gasteiger partial charge in [-0.05, 0) is 101 Å². The van der Waals surface area contributed by atoms with Crippen LogP contribution in [-0.4, -0.2) is 105 Å². The Labute approximate surface area is 345 Å². The Morgan fingerprint density at radius 2 is 1.64 bits per heavy atom. The molecular formula is C46H69NO11. The standard InChI is InChI=1S/C46H69NO11/c1-28-13-9-8-10-14-29(2)38(49)26-35-19-17-33(6)46(55,58-35)43(52)44(53)47-22-12-11-15-36(47)45(54)57-41(21-16-30(3)39(50)27-40(51)31(4)23-28)32(5)24-34-18-20-37(48)42(25-34)56-7/h8-10,13-14,16,28,31-36,38-39,41-42,49-50,55H,11-12,15,17-27H2,1-7H3/b10-8+,13-9+,29-14+,30-16+/t28-,31-,32-,33-,34+,35+,36+,38+,39+,41?,42-,46-/m1/s1. The molecule has 3 fully saturated rings. The summed E-state index contributed by atoms with van der Waals surface area (Å²) in [5, 5.41) is 33.9. The van der Waals surface area contributed by atoms with Crippen molar-refractivity contribution in [2.24, 2.45) is 29.6 Å². The van der Waals surface area contributed by atoms with Gasteiger partial charge in [0.15, 0.2) is 5.78 Å². The first-order chi connectivity index (χ1) is 27.4. The van der Waals surface area contributed by atoms with Gasteiger partial charge in [0.1, 0.15) is 24.0 Å². The maximum absolute atomic E-state index is 14.2. The lowest BCUT2D eigenvalue weighted by molar-refractivity contribution is -0.265. The minimum absolute atomic E-state index is 0.0521. The Bertz CT molecular complexity index is 1580. The number of aliphatic hydroxyl groups is 3. The molecule has 0 aromatic carbocycles. The molecule has 1 amide bonds. The maximum atomic E-state index is 14.2. The van der Waals surface area contributed by atoms with Gasteiger partial charge in [-0.1, -0.05) is 64.2 Å². The molecule has 324 valence electrons. The quantitative estimate of drug-likeness (QED) is 0.175. The molecule has 2 bridgehead atoms. The van der Waals surface area contributed by atoms with Crippen LogP contribution in [-0.2, 0) is 38.2 Å². The van der Waals surface area contributed by atoms with Crippen LogP contribution in [0.4, 0.5) is 0 Å². The van der Waals surface area contributed by atoms with Crippen molar-refractivity contribution < 1.29 is 53.5 Å². The SMILES string of the molecule is CO[C@@H]1C[C@H](C[C@@H](C)C2C/C=C(\C)[C@@H](O)CC(=O)[C@H](C)C[C@H](C)/C=C/C=C/C=C(\C)[C@@H](O)C[C@@H]3CC[C@@H](C)[C@@](O)(O3)C(=O)C(=O)N3CCCC[C@H]3C(=O)O2)CCC1=O. The van der Waals surface area contributed by atoms with Crippen molar-refractivity contribution in [3.05, 3.63) is 47.6 Å². The number of amides is 1. The van der Waals surface area contributed by atoms with Gasteiger partial charge < -0.3 is 34.4 Å². The fourth-order valence-electron chi connectivity index (χ4n) is 8.84. The predicted molar refractivity (Wildman–Crippen MR) is 219 cm³/mol. The molecule has 0 spiro atoms. The Balaban J connectivity index is 1.64. The van der Waals surface area contributed by atoms with Crippen molar-refractivity contribution in [2.75, 3.05) is 13.7 Å². The van der Waals surface area contributed by atoms with Crippen LogP contribution in [0, 0.1) is 29.6 Å². The van der Waals surface area contributed by atoms with Crippen LogP contribution in [0.15, 0.2) is 47.6 Å². The van der Waals surface area contributed by atoms with Gasteiger partial charge >= 0.3 is 5.97 Å². The summed E-state index contributed by atoms with van der Waals surface area (Å²) in [5.41, 5.74) is 1.23. The molecule has 3 N–H and O–H groups in total. The fourth-order valence-corrected chi connectivity index (χ4v) is 8.84. The number of carbonyl (C=O) groups excluding carboxylic acids is 5. The molecule has 0 aromatic rings. The number of fused-ring (bicyclic) bond motifs is 3. The molecule has 12 nitrogen and oxygen atoms in total. The molecule has 4 aliphatic rings. The van der Waals surface area contributed by atoms with E-state index in [9.17, 15) is 39.3 Å². The van der Waals surface area contributed by atoms with E-state index < -0.39 is 65.9 Å². The Morgan fingerprint density at radius 3 is 2.36 bits per heavy atom. The number of esters is 1. The van der Waals surface area contributed by atoms with Crippen LogP contribution in [0.2, 0.25) is 0 Å². The smallest absolute Gasteiger partial charge is 0.329 e. The van der Waals surface area contributed by atoms with Crippen molar-refractivity contribution >= 4 is 29.2 Å². The second kappa shape index (κ2) is 21.8. The molecule has 0 radical (unpaired) electrons. The van der Waals surface area contributed by atoms with Gasteiger partial charge in [-0.15, -0.1) is 0 Å². The van der Waals surface area contributed by atoms with E-state index in [4.69, 9.17) is 14.2 Å². The highest BCUT2D eigenvalue weighted by Gasteiger charge is 2.53. The molecule has 3 aliphatic heterocycles. The highest BCUT2D eigenvalue weighted by molar-refractivity contribution is 6.39. The molecule has 1 aliphatic carbocycles. The number of carbonyl (C=O) groups is 5. The summed E-state index contributed by atoms with van der Waals surface area (Å²) in [6, 6.07) is -1.07. The zero-order valence-electron chi connectivity index (χ0n) is 35.8. The second-order valence-corrected chi connectivity index (χ2v) is 17.7. The number of Topliss-reactive ketones (excluding diaryl/α,β-unsaturated/α-hetero) is 3. The van der Waals surface area contributed by atoms with E-state index in [0.717, 1.165) is 0 Å². The van der Waals surface area contributed by atoms with E-state index >= 15 is 0 Å². The zero-order valence-corrected chi connectivity index (χ0v) is 35.8. The number of aliphatic hydroxyl groups excluding tert-OH is 2. The van der Waals surface area contributed by atoms with Crippen LogP contribution in [0.5, 0.6) is 0 Å². The number of ether oxygens (including phenoxy) is 3. The van der Waals surface area contributed by atoms with E-state index in [2.05, 4.69) is 0 Å². The molecule has 3 heterocycles. The molecule has 12 heteroatoms. The third-order valence-electron chi connectivity index (χ3n) is 13.0. The van der Waals surface area contributed by atoms with Crippen molar-refractivity contribution in [3.8, 4) is 0 Å². The molecule has 12 atom stereocenters. The van der Waals surface area contributed by atoms with Gasteiger partial charge in [0.05, 0.1) is 18.3 Å². The first-order valence-corrected chi connectivity index (χ1v) is 21.5. The lowest BCUT2D eigenvalue weighted by atomic mass is 9.79. The van der Waals surface area contributed by atoms with E-state index in [1.165, 1.54) is 12.0 Å². The Morgan fingerprint density at radius 1 is 0.897 bits per heavy atom. The number of nitrogens with zero attached hydrogens (tertiary/aromatic N) is 1. The fraction of sp³-hybridized carbons (Fsp3) is 0.717. The van der Waals surface area contributed by atoms with Crippen molar-refractivity contribution in [2.45, 2.75) is 167 Å². The Kier molecular flexibility index (Phi) is 17.8. The summed E-state index contributed by atoms with van der Waals surface area (Å²) < 4.78 is 17.7. The summed E-state index contributed by atoms with van der Waals surface area (Å²) in [7, 11) is 1.53. The van der Waals surface area contributed by atoms with E-state index in [0.29, 0.717) is 68.9 Å². The van der Waals surface area contributed by atoms with Crippen LogP contribution in [0.25, 0.3) is 0 Å². The number of rotatable bonds is 4. The average molecular weight is 812 g/mol. The molecule has 2 saturated heterocycles. The van der Waals surface area contributed by atoms with Gasteiger partial charge in [-0.3, -0.25) is 19.2 Å². The normalized spacial score (nSPS) is 39.6. The third-order valence-corrected chi connectivity index (χ3v) is 13.0. The number of ketones is 3. The highest BCUT2D eigenvalue weighted by atomic mass is 16.6. The summed E-state index contributed by atoms with van der Waals surface area (Å²) >= 11 is 0. The van der Waals surface area contributed by atoms with Gasteiger partial charge in [0.25, 0.3) is 11.7 Å². The number of hydrogen-bond acceptors (Lipinski definition) is 11. The number of hydrogen-bond donors (Lipinski definition) is 3. The lowest BCUT2D eigenvalue weighted by Gasteiger charge is -2.42. The van der Waals surface area contributed by atoms with Crippen LogP contribution in [0.1, 0.15) is 125 Å². The summed E-state index contributed by atoms with van der Waals surface area (Å²) in [4.78, 5) is 69.0. The summed E-state index contributed by atoms with van der Waals surface area (Å²) in [6.45, 7) is 11.2. The van der Waals surface area contributed by atoms with E-state index in [1.54, 1.807) is 39.0 Å². The lowest BCUT2D eigenvalue weighted by Crippen LogP contribution is -2.60. The predicted octanol–water partition coefficient (Wildman–Crippen LogP) is 5.90.